The van der Waals surface area contributed by atoms with Crippen molar-refractivity contribution in [3.05, 3.63) is 120 Å². The Kier molecular flexibility index (Phi) is 22.1. The maximum Gasteiger partial charge on any atom is 0.151 e. The van der Waals surface area contributed by atoms with Crippen molar-refractivity contribution in [2.75, 3.05) is 0 Å². The van der Waals surface area contributed by atoms with Gasteiger partial charge in [0.1, 0.15) is 17.1 Å². The van der Waals surface area contributed by atoms with Crippen molar-refractivity contribution < 1.29 is 0 Å². The van der Waals surface area contributed by atoms with Crippen LogP contribution < -0.4 is 4.48 Å². The van der Waals surface area contributed by atoms with Crippen LogP contribution in [0, 0.1) is 6.92 Å². The monoisotopic (exact) mass is 729 g/mol. The highest BCUT2D eigenvalue weighted by Crippen LogP contribution is 2.52. The van der Waals surface area contributed by atoms with E-state index in [1.54, 1.807) is 0 Å². The lowest BCUT2D eigenvalue weighted by Gasteiger charge is -2.38. The molecule has 0 N–H and O–H groups in total. The van der Waals surface area contributed by atoms with Crippen LogP contribution in [-0.4, -0.2) is 0 Å². The highest BCUT2D eigenvalue weighted by molar-refractivity contribution is 5.83. The summed E-state index contributed by atoms with van der Waals surface area (Å²) in [5.74, 6) is 0. The second-order valence-corrected chi connectivity index (χ2v) is 16.3. The fourth-order valence-electron chi connectivity index (χ4n) is 8.75. The quantitative estimate of drug-likeness (QED) is 0.0357. The molecule has 294 valence electrons. The van der Waals surface area contributed by atoms with Gasteiger partial charge in [0.2, 0.25) is 0 Å². The maximum absolute atomic E-state index is 2.37. The van der Waals surface area contributed by atoms with Gasteiger partial charge in [-0.25, -0.2) is 0 Å². The van der Waals surface area contributed by atoms with E-state index in [-0.39, 0.29) is 0 Å². The van der Waals surface area contributed by atoms with Gasteiger partial charge in [-0.3, -0.25) is 0 Å². The minimum Gasteiger partial charge on any atom is -0.194 e. The molecule has 4 aromatic rings. The molecule has 1 heteroatoms. The van der Waals surface area contributed by atoms with Crippen LogP contribution in [0.2, 0.25) is 0 Å². The van der Waals surface area contributed by atoms with Gasteiger partial charge in [-0.05, 0) is 25.3 Å². The Labute approximate surface area is 333 Å². The van der Waals surface area contributed by atoms with Crippen molar-refractivity contribution in [3.63, 3.8) is 0 Å². The van der Waals surface area contributed by atoms with E-state index in [4.69, 9.17) is 0 Å². The summed E-state index contributed by atoms with van der Waals surface area (Å²) in [6.45, 7) is 4.66. The topological polar surface area (TPSA) is 0 Å². The lowest BCUT2D eigenvalue weighted by Crippen LogP contribution is -2.34. The molecule has 4 aromatic carbocycles. The van der Waals surface area contributed by atoms with Gasteiger partial charge in [-0.15, -0.1) is 0 Å². The molecule has 0 radical (unpaired) electrons. The van der Waals surface area contributed by atoms with Crippen LogP contribution in [0.3, 0.4) is 0 Å². The van der Waals surface area contributed by atoms with E-state index in [0.717, 1.165) is 6.42 Å². The lowest BCUT2D eigenvalue weighted by atomic mass is 9.96. The molecular weight excluding hydrogens is 651 g/mol. The molecule has 0 aromatic heterocycles. The molecule has 0 aliphatic carbocycles. The summed E-state index contributed by atoms with van der Waals surface area (Å²) in [6, 6.07) is 40.2. The molecule has 0 atom stereocenters. The molecule has 0 amide bonds. The SMILES string of the molecule is CCCCCCCCCCCCCCCCCCCCCCCCCCCCc1cccc([N+](c2ccccc2)(c2ccccc2)c2ccccc2)c1C. The van der Waals surface area contributed by atoms with Crippen LogP contribution in [0.4, 0.5) is 22.7 Å². The first-order valence-corrected chi connectivity index (χ1v) is 22.9. The third kappa shape index (κ3) is 14.8. The Morgan fingerprint density at radius 2 is 0.611 bits per heavy atom. The zero-order chi connectivity index (χ0) is 37.8. The van der Waals surface area contributed by atoms with Gasteiger partial charge in [-0.1, -0.05) is 234 Å². The number of aryl methyl sites for hydroxylation is 1. The fourth-order valence-corrected chi connectivity index (χ4v) is 8.75. The molecule has 4 rings (SSSR count). The first-order valence-electron chi connectivity index (χ1n) is 22.9. The summed E-state index contributed by atoms with van der Waals surface area (Å²) in [5.41, 5.74) is 8.02. The second-order valence-electron chi connectivity index (χ2n) is 16.3. The average molecular weight is 729 g/mol. The van der Waals surface area contributed by atoms with Crippen LogP contribution in [0.5, 0.6) is 0 Å². The van der Waals surface area contributed by atoms with E-state index in [1.165, 1.54) is 201 Å². The number of unbranched alkanes of at least 4 members (excludes halogenated alkanes) is 25. The molecule has 0 saturated carbocycles. The molecule has 0 spiro atoms. The van der Waals surface area contributed by atoms with Crippen LogP contribution in [0.25, 0.3) is 0 Å². The van der Waals surface area contributed by atoms with E-state index in [0.29, 0.717) is 4.48 Å². The standard InChI is InChI=1S/C53H78N/c1-3-4-5-6-7-8-9-10-11-12-13-14-15-16-17-18-19-20-21-22-23-24-25-26-27-31-39-49-40-38-47-53(48(49)2)54(50-41-32-28-33-42-50,51-43-34-29-35-44-51)52-45-36-30-37-46-52/h28-30,32-38,40-47H,3-27,31,39H2,1-2H3/q+1. The Morgan fingerprint density at radius 3 is 0.926 bits per heavy atom. The highest BCUT2D eigenvalue weighted by Gasteiger charge is 2.40. The summed E-state index contributed by atoms with van der Waals surface area (Å²) in [5, 5.41) is 0. The molecule has 0 saturated heterocycles. The third-order valence-electron chi connectivity index (χ3n) is 12.0. The summed E-state index contributed by atoms with van der Waals surface area (Å²) in [4.78, 5) is 0. The van der Waals surface area contributed by atoms with Crippen molar-refractivity contribution in [3.8, 4) is 0 Å². The van der Waals surface area contributed by atoms with Gasteiger partial charge in [0.25, 0.3) is 0 Å². The van der Waals surface area contributed by atoms with Crippen LogP contribution in [0.15, 0.2) is 109 Å². The summed E-state index contributed by atoms with van der Waals surface area (Å²) in [7, 11) is 0. The van der Waals surface area contributed by atoms with Crippen molar-refractivity contribution in [1.82, 2.24) is 4.48 Å². The number of quaternary nitrogens is 1. The highest BCUT2D eigenvalue weighted by atomic mass is 15.4. The number of para-hydroxylation sites is 3. The van der Waals surface area contributed by atoms with Gasteiger partial charge in [0.15, 0.2) is 5.69 Å². The minimum absolute atomic E-state index is 0.585. The minimum atomic E-state index is 0.585. The molecule has 54 heavy (non-hydrogen) atoms. The van der Waals surface area contributed by atoms with Crippen LogP contribution in [0.1, 0.15) is 185 Å². The Morgan fingerprint density at radius 1 is 0.315 bits per heavy atom. The lowest BCUT2D eigenvalue weighted by molar-refractivity contribution is 0.515. The van der Waals surface area contributed by atoms with Crippen molar-refractivity contribution >= 4 is 22.7 Å². The number of benzene rings is 4. The first kappa shape index (κ1) is 43.6. The number of rotatable bonds is 31. The zero-order valence-corrected chi connectivity index (χ0v) is 34.9. The predicted octanol–water partition coefficient (Wildman–Crippen LogP) is 18.0. The van der Waals surface area contributed by atoms with E-state index in [9.17, 15) is 0 Å². The van der Waals surface area contributed by atoms with Crippen molar-refractivity contribution in [1.29, 1.82) is 0 Å². The van der Waals surface area contributed by atoms with Crippen LogP contribution >= 0.6 is 0 Å². The summed E-state index contributed by atoms with van der Waals surface area (Å²) in [6.07, 6.45) is 38.6. The molecule has 0 aliphatic heterocycles. The molecule has 0 aliphatic rings. The maximum atomic E-state index is 2.37. The Hall–Kier alpha value is -3.16. The molecule has 0 fully saturated rings. The second kappa shape index (κ2) is 27.4. The Bertz CT molecular complexity index is 1360. The van der Waals surface area contributed by atoms with Gasteiger partial charge in [0.05, 0.1) is 0 Å². The van der Waals surface area contributed by atoms with E-state index >= 15 is 0 Å². The molecule has 0 bridgehead atoms. The predicted molar refractivity (Wildman–Crippen MR) is 241 cm³/mol. The number of nitrogens with zero attached hydrogens (tertiary/aromatic N) is 1. The molecule has 0 heterocycles. The zero-order valence-electron chi connectivity index (χ0n) is 34.9. The first-order chi connectivity index (χ1) is 26.8. The van der Waals surface area contributed by atoms with Crippen molar-refractivity contribution in [2.45, 2.75) is 187 Å². The normalized spacial score (nSPS) is 11.7. The van der Waals surface area contributed by atoms with Gasteiger partial charge in [-0.2, -0.15) is 4.48 Å². The smallest absolute Gasteiger partial charge is 0.151 e. The summed E-state index contributed by atoms with van der Waals surface area (Å²) >= 11 is 0. The van der Waals surface area contributed by atoms with Crippen molar-refractivity contribution in [2.24, 2.45) is 0 Å². The van der Waals surface area contributed by atoms with Gasteiger partial charge < -0.3 is 0 Å². The largest absolute Gasteiger partial charge is 0.194 e. The average Bonchev–Trinajstić information content (AvgIpc) is 3.22. The number of hydrogen-bond donors (Lipinski definition) is 0. The van der Waals surface area contributed by atoms with Gasteiger partial charge >= 0.3 is 0 Å². The van der Waals surface area contributed by atoms with E-state index < -0.39 is 0 Å². The Balaban J connectivity index is 1.06. The molecular formula is C53H78N+. The fraction of sp³-hybridized carbons (Fsp3) is 0.547. The summed E-state index contributed by atoms with van der Waals surface area (Å²) < 4.78 is 0.585. The van der Waals surface area contributed by atoms with E-state index in [2.05, 4.69) is 123 Å². The third-order valence-corrected chi connectivity index (χ3v) is 12.0. The van der Waals surface area contributed by atoms with E-state index in [1.807, 2.05) is 0 Å². The molecule has 1 nitrogen and oxygen atoms in total. The van der Waals surface area contributed by atoms with Gasteiger partial charge in [0, 0.05) is 48.0 Å². The number of hydrogen-bond acceptors (Lipinski definition) is 0. The van der Waals surface area contributed by atoms with Crippen LogP contribution in [-0.2, 0) is 6.42 Å². The molecule has 0 unspecified atom stereocenters.